The predicted octanol–water partition coefficient (Wildman–Crippen LogP) is 1.94. The molecule has 5 nitrogen and oxygen atoms in total. The van der Waals surface area contributed by atoms with Gasteiger partial charge in [0.1, 0.15) is 5.82 Å². The number of hydrogen-bond donors (Lipinski definition) is 2. The zero-order valence-electron chi connectivity index (χ0n) is 13.1. The smallest absolute Gasteiger partial charge is 0.253 e. The van der Waals surface area contributed by atoms with Gasteiger partial charge in [-0.25, -0.2) is 4.98 Å². The number of carbonyl (C=O) groups excluding carboxylic acids is 1. The number of carbonyl (C=O) groups is 1. The lowest BCUT2D eigenvalue weighted by atomic mass is 10.1. The Morgan fingerprint density at radius 1 is 1.17 bits per heavy atom. The Morgan fingerprint density at radius 3 is 2.57 bits per heavy atom. The van der Waals surface area contributed by atoms with Gasteiger partial charge in [-0.2, -0.15) is 0 Å². The summed E-state index contributed by atoms with van der Waals surface area (Å²) >= 11 is 0. The van der Waals surface area contributed by atoms with Crippen LogP contribution in [0, 0.1) is 0 Å². The van der Waals surface area contributed by atoms with E-state index in [1.165, 1.54) is 0 Å². The van der Waals surface area contributed by atoms with Gasteiger partial charge in [-0.05, 0) is 30.5 Å². The zero-order valence-corrected chi connectivity index (χ0v) is 13.1. The summed E-state index contributed by atoms with van der Waals surface area (Å²) in [4.78, 5) is 18.8. The first-order valence-corrected chi connectivity index (χ1v) is 8.01. The summed E-state index contributed by atoms with van der Waals surface area (Å²) in [7, 11) is 0. The first-order valence-electron chi connectivity index (χ1n) is 8.01. The van der Waals surface area contributed by atoms with Gasteiger partial charge in [0.25, 0.3) is 5.91 Å². The number of nitrogens with two attached hydrogens (primary N) is 1. The van der Waals surface area contributed by atoms with Gasteiger partial charge in [0.15, 0.2) is 0 Å². The maximum Gasteiger partial charge on any atom is 0.253 e. The van der Waals surface area contributed by atoms with Crippen molar-refractivity contribution in [2.45, 2.75) is 25.4 Å². The van der Waals surface area contributed by atoms with Crippen LogP contribution in [0.25, 0.3) is 0 Å². The highest BCUT2D eigenvalue weighted by Gasteiger charge is 2.17. The van der Waals surface area contributed by atoms with Crippen molar-refractivity contribution in [2.75, 3.05) is 18.0 Å². The number of nitrogens with zero attached hydrogens (tertiary/aromatic N) is 2. The van der Waals surface area contributed by atoms with E-state index < -0.39 is 0 Å². The second kappa shape index (κ2) is 7.24. The molecule has 0 unspecified atom stereocenters. The third-order valence-corrected chi connectivity index (χ3v) is 4.17. The summed E-state index contributed by atoms with van der Waals surface area (Å²) in [6.45, 7) is 2.37. The highest BCUT2D eigenvalue weighted by atomic mass is 16.1. The van der Waals surface area contributed by atoms with Gasteiger partial charge in [-0.15, -0.1) is 0 Å². The molecule has 0 radical (unpaired) electrons. The third kappa shape index (κ3) is 4.07. The highest BCUT2D eigenvalue weighted by Crippen LogP contribution is 2.17. The van der Waals surface area contributed by atoms with Crippen LogP contribution in [-0.2, 0) is 6.54 Å². The Labute approximate surface area is 136 Å². The normalized spacial score (nSPS) is 15.4. The van der Waals surface area contributed by atoms with Crippen molar-refractivity contribution in [3.63, 3.8) is 0 Å². The average Bonchev–Trinajstić information content (AvgIpc) is 2.61. The summed E-state index contributed by atoms with van der Waals surface area (Å²) in [6.07, 6.45) is 3.62. The molecule has 1 amide bonds. The molecule has 0 spiro atoms. The lowest BCUT2D eigenvalue weighted by molar-refractivity contribution is 0.0950. The van der Waals surface area contributed by atoms with Gasteiger partial charge in [0, 0.05) is 31.9 Å². The van der Waals surface area contributed by atoms with Gasteiger partial charge < -0.3 is 16.0 Å². The van der Waals surface area contributed by atoms with Crippen LogP contribution in [0.4, 0.5) is 5.82 Å². The largest absolute Gasteiger partial charge is 0.357 e. The summed E-state index contributed by atoms with van der Waals surface area (Å²) in [5.41, 5.74) is 7.58. The fourth-order valence-electron chi connectivity index (χ4n) is 2.72. The second-order valence-electron chi connectivity index (χ2n) is 5.90. The summed E-state index contributed by atoms with van der Waals surface area (Å²) in [5, 5.41) is 2.91. The van der Waals surface area contributed by atoms with E-state index in [-0.39, 0.29) is 5.91 Å². The Morgan fingerprint density at radius 2 is 1.91 bits per heavy atom. The molecule has 0 bridgehead atoms. The summed E-state index contributed by atoms with van der Waals surface area (Å²) < 4.78 is 0. The minimum Gasteiger partial charge on any atom is -0.357 e. The lowest BCUT2D eigenvalue weighted by Crippen LogP contribution is -2.40. The Balaban J connectivity index is 1.57. The number of benzene rings is 1. The summed E-state index contributed by atoms with van der Waals surface area (Å²) in [5.74, 6) is 0.810. The lowest BCUT2D eigenvalue weighted by Gasteiger charge is -2.31. The SMILES string of the molecule is NC1CCN(c2ccc(C(=O)NCc3ccccc3)cn2)CC1. The molecular weight excluding hydrogens is 288 g/mol. The second-order valence-corrected chi connectivity index (χ2v) is 5.90. The molecule has 3 rings (SSSR count). The molecule has 0 atom stereocenters. The molecular formula is C18H22N4O. The fraction of sp³-hybridized carbons (Fsp3) is 0.333. The van der Waals surface area contributed by atoms with E-state index in [9.17, 15) is 4.79 Å². The van der Waals surface area contributed by atoms with Crippen molar-refractivity contribution >= 4 is 11.7 Å². The summed E-state index contributed by atoms with van der Waals surface area (Å²) in [6, 6.07) is 13.9. The van der Waals surface area contributed by atoms with Crippen LogP contribution in [-0.4, -0.2) is 30.0 Å². The minimum absolute atomic E-state index is 0.103. The molecule has 23 heavy (non-hydrogen) atoms. The molecule has 0 saturated carbocycles. The van der Waals surface area contributed by atoms with Crippen LogP contribution in [0.3, 0.4) is 0 Å². The van der Waals surface area contributed by atoms with Crippen LogP contribution >= 0.6 is 0 Å². The van der Waals surface area contributed by atoms with Gasteiger partial charge >= 0.3 is 0 Å². The van der Waals surface area contributed by atoms with Crippen molar-refractivity contribution in [2.24, 2.45) is 5.73 Å². The first-order chi connectivity index (χ1) is 11.2. The zero-order chi connectivity index (χ0) is 16.1. The van der Waals surface area contributed by atoms with E-state index >= 15 is 0 Å². The number of anilines is 1. The standard InChI is InChI=1S/C18H22N4O/c19-16-8-10-22(11-9-16)17-7-6-15(13-20-17)18(23)21-12-14-4-2-1-3-5-14/h1-7,13,16H,8-12,19H2,(H,21,23). The number of aromatic nitrogens is 1. The van der Waals surface area contributed by atoms with Gasteiger partial charge in [0.2, 0.25) is 0 Å². The molecule has 2 heterocycles. The van der Waals surface area contributed by atoms with E-state index in [0.29, 0.717) is 18.2 Å². The number of nitrogens with one attached hydrogen (secondary N) is 1. The van der Waals surface area contributed by atoms with E-state index in [0.717, 1.165) is 37.3 Å². The molecule has 1 fully saturated rings. The molecule has 1 saturated heterocycles. The topological polar surface area (TPSA) is 71.2 Å². The highest BCUT2D eigenvalue weighted by molar-refractivity contribution is 5.94. The minimum atomic E-state index is -0.103. The third-order valence-electron chi connectivity index (χ3n) is 4.17. The van der Waals surface area contributed by atoms with Crippen molar-refractivity contribution in [3.8, 4) is 0 Å². The quantitative estimate of drug-likeness (QED) is 0.905. The van der Waals surface area contributed by atoms with Crippen molar-refractivity contribution in [1.82, 2.24) is 10.3 Å². The molecule has 0 aliphatic carbocycles. The molecule has 3 N–H and O–H groups in total. The molecule has 2 aromatic rings. The van der Waals surface area contributed by atoms with Crippen LogP contribution in [0.5, 0.6) is 0 Å². The van der Waals surface area contributed by atoms with Crippen molar-refractivity contribution in [1.29, 1.82) is 0 Å². The van der Waals surface area contributed by atoms with Crippen molar-refractivity contribution < 1.29 is 4.79 Å². The predicted molar refractivity (Wildman–Crippen MR) is 91.3 cm³/mol. The maximum absolute atomic E-state index is 12.2. The monoisotopic (exact) mass is 310 g/mol. The maximum atomic E-state index is 12.2. The van der Waals surface area contributed by atoms with E-state index in [4.69, 9.17) is 5.73 Å². The van der Waals surface area contributed by atoms with Gasteiger partial charge in [-0.1, -0.05) is 30.3 Å². The van der Waals surface area contributed by atoms with Gasteiger partial charge in [-0.3, -0.25) is 4.79 Å². The van der Waals surface area contributed by atoms with E-state index in [1.807, 2.05) is 42.5 Å². The number of pyridine rings is 1. The Kier molecular flexibility index (Phi) is 4.88. The Bertz CT molecular complexity index is 634. The fourth-order valence-corrected chi connectivity index (χ4v) is 2.72. The molecule has 1 aromatic carbocycles. The average molecular weight is 310 g/mol. The van der Waals surface area contributed by atoms with Crippen LogP contribution in [0.15, 0.2) is 48.7 Å². The molecule has 120 valence electrons. The molecule has 1 aromatic heterocycles. The van der Waals surface area contributed by atoms with Gasteiger partial charge in [0.05, 0.1) is 5.56 Å². The Hall–Kier alpha value is -2.40. The molecule has 5 heteroatoms. The van der Waals surface area contributed by atoms with E-state index in [1.54, 1.807) is 6.20 Å². The number of piperidine rings is 1. The van der Waals surface area contributed by atoms with Crippen LogP contribution in [0.1, 0.15) is 28.8 Å². The number of amides is 1. The number of rotatable bonds is 4. The van der Waals surface area contributed by atoms with Crippen LogP contribution < -0.4 is 16.0 Å². The molecule has 1 aliphatic heterocycles. The number of hydrogen-bond acceptors (Lipinski definition) is 4. The first kappa shape index (κ1) is 15.5. The van der Waals surface area contributed by atoms with Crippen LogP contribution in [0.2, 0.25) is 0 Å². The van der Waals surface area contributed by atoms with E-state index in [2.05, 4.69) is 15.2 Å². The van der Waals surface area contributed by atoms with Crippen molar-refractivity contribution in [3.05, 3.63) is 59.8 Å². The molecule has 1 aliphatic rings.